The van der Waals surface area contributed by atoms with Gasteiger partial charge in [-0.1, -0.05) is 32.0 Å². The molecule has 1 amide bonds. The molecule has 2 aliphatic rings. The predicted octanol–water partition coefficient (Wildman–Crippen LogP) is 4.68. The second-order valence-corrected chi connectivity index (χ2v) is 10.6. The maximum Gasteiger partial charge on any atom is 0.274 e. The van der Waals surface area contributed by atoms with Gasteiger partial charge in [0, 0.05) is 29.6 Å². The van der Waals surface area contributed by atoms with Gasteiger partial charge in [0.1, 0.15) is 11.4 Å². The molecule has 1 fully saturated rings. The number of fused-ring (bicyclic) bond motifs is 2. The van der Waals surface area contributed by atoms with Gasteiger partial charge in [-0.3, -0.25) is 20.1 Å². The molecule has 0 saturated carbocycles. The first-order valence-electron chi connectivity index (χ1n) is 12.6. The van der Waals surface area contributed by atoms with Gasteiger partial charge in [0.25, 0.3) is 5.91 Å². The molecule has 0 atom stereocenters. The minimum absolute atomic E-state index is 0.220. The van der Waals surface area contributed by atoms with E-state index in [1.807, 2.05) is 18.2 Å². The highest BCUT2D eigenvalue weighted by Crippen LogP contribution is 2.35. The van der Waals surface area contributed by atoms with Crippen molar-refractivity contribution >= 4 is 34.3 Å². The fourth-order valence-electron chi connectivity index (χ4n) is 5.15. The minimum Gasteiger partial charge on any atom is -0.320 e. The number of pyridine rings is 1. The molecule has 0 spiro atoms. The average Bonchev–Trinajstić information content (AvgIpc) is 3.55. The molecular formula is C29H31N6O+. The van der Waals surface area contributed by atoms with Crippen LogP contribution in [0.1, 0.15) is 48.4 Å². The lowest BCUT2D eigenvalue weighted by Crippen LogP contribution is -2.69. The van der Waals surface area contributed by atoms with E-state index in [1.165, 1.54) is 24.1 Å². The van der Waals surface area contributed by atoms with Gasteiger partial charge in [-0.25, -0.2) is 4.98 Å². The van der Waals surface area contributed by atoms with Gasteiger partial charge in [0.05, 0.1) is 29.3 Å². The number of hydrogen-bond acceptors (Lipinski definition) is 4. The van der Waals surface area contributed by atoms with Gasteiger partial charge in [-0.15, -0.1) is 0 Å². The van der Waals surface area contributed by atoms with Crippen LogP contribution in [0.4, 0.5) is 11.4 Å². The van der Waals surface area contributed by atoms with E-state index in [2.05, 4.69) is 76.1 Å². The van der Waals surface area contributed by atoms with Crippen LogP contribution in [0, 0.1) is 5.41 Å². The molecule has 0 unspecified atom stereocenters. The molecule has 6 rings (SSSR count). The Kier molecular flexibility index (Phi) is 5.66. The number of amides is 1. The lowest BCUT2D eigenvalue weighted by molar-refractivity contribution is -0.491. The van der Waals surface area contributed by atoms with Gasteiger partial charge < -0.3 is 5.32 Å². The number of carbonyl (C=O) groups is 1. The maximum atomic E-state index is 13.3. The normalized spacial score (nSPS) is 16.8. The largest absolute Gasteiger partial charge is 0.320 e. The van der Waals surface area contributed by atoms with Crippen molar-refractivity contribution in [3.63, 3.8) is 0 Å². The maximum absolute atomic E-state index is 13.3. The van der Waals surface area contributed by atoms with Crippen LogP contribution in [0.3, 0.4) is 0 Å². The number of likely N-dealkylation sites (tertiary alicyclic amines) is 1. The van der Waals surface area contributed by atoms with Crippen molar-refractivity contribution in [2.75, 3.05) is 18.4 Å². The summed E-state index contributed by atoms with van der Waals surface area (Å²) in [5.74, 6) is -0.220. The smallest absolute Gasteiger partial charge is 0.274 e. The Balaban J connectivity index is 1.26. The van der Waals surface area contributed by atoms with Gasteiger partial charge in [0.2, 0.25) is 0 Å². The third-order valence-electron chi connectivity index (χ3n) is 7.43. The standard InChI is InChI=1S/C29H30N6O/c1-29(2)10-13-35(14-11-29)18-20-5-3-8-25(32-20)28(36)33-26-15-19(16-27-23(26)17-31-34-27)21-6-4-7-24-22(21)9-12-30-24/h3-9,12,15-17,30H,10-11,13-14,18H2,1-2H3,(H,31,34)(H,33,36)/p+1. The van der Waals surface area contributed by atoms with E-state index in [0.717, 1.165) is 53.0 Å². The zero-order valence-electron chi connectivity index (χ0n) is 20.7. The van der Waals surface area contributed by atoms with Crippen molar-refractivity contribution in [3.05, 3.63) is 77.9 Å². The third-order valence-corrected chi connectivity index (χ3v) is 7.43. The Bertz CT molecular complexity index is 1470. The van der Waals surface area contributed by atoms with Crippen molar-refractivity contribution in [3.8, 4) is 11.1 Å². The summed E-state index contributed by atoms with van der Waals surface area (Å²) >= 11 is 0. The summed E-state index contributed by atoms with van der Waals surface area (Å²) in [6.45, 7) is 7.56. The summed E-state index contributed by atoms with van der Waals surface area (Å²) in [4.78, 5) is 20.4. The highest BCUT2D eigenvalue weighted by atomic mass is 16.1. The van der Waals surface area contributed by atoms with Crippen LogP contribution in [0.5, 0.6) is 0 Å². The number of nitrogens with one attached hydrogen (secondary N) is 2. The lowest BCUT2D eigenvalue weighted by atomic mass is 9.83. The predicted molar refractivity (Wildman–Crippen MR) is 143 cm³/mol. The zero-order valence-corrected chi connectivity index (χ0v) is 20.7. The first-order chi connectivity index (χ1) is 17.4. The molecule has 4 N–H and O–H groups in total. The van der Waals surface area contributed by atoms with Crippen LogP contribution in [0.15, 0.2) is 60.9 Å². The second kappa shape index (κ2) is 9.00. The van der Waals surface area contributed by atoms with Crippen LogP contribution in [0.25, 0.3) is 28.1 Å². The Morgan fingerprint density at radius 2 is 1.97 bits per heavy atom. The van der Waals surface area contributed by atoms with E-state index in [1.54, 1.807) is 12.3 Å². The molecule has 0 bridgehead atoms. The summed E-state index contributed by atoms with van der Waals surface area (Å²) in [6, 6.07) is 16.1. The number of H-pyrrole nitrogens is 1. The van der Waals surface area contributed by atoms with E-state index in [4.69, 9.17) is 4.98 Å². The quantitative estimate of drug-likeness (QED) is 0.363. The lowest BCUT2D eigenvalue weighted by Gasteiger charge is -2.36. The average molecular weight is 480 g/mol. The molecule has 182 valence electrons. The van der Waals surface area contributed by atoms with Crippen molar-refractivity contribution in [1.82, 2.24) is 20.1 Å². The zero-order chi connectivity index (χ0) is 24.7. The Hall–Kier alpha value is -3.81. The number of benzene rings is 2. The van der Waals surface area contributed by atoms with Crippen LogP contribution in [-0.2, 0) is 6.54 Å². The highest BCUT2D eigenvalue weighted by Gasteiger charge is 2.25. The fourth-order valence-corrected chi connectivity index (χ4v) is 5.15. The number of nitrogens with zero attached hydrogens (tertiary/aromatic N) is 3. The molecule has 0 radical (unpaired) electrons. The molecule has 1 saturated heterocycles. The molecule has 2 aromatic carbocycles. The molecule has 4 heterocycles. The molecular weight excluding hydrogens is 448 g/mol. The first-order valence-corrected chi connectivity index (χ1v) is 12.6. The Morgan fingerprint density at radius 1 is 1.14 bits per heavy atom. The summed E-state index contributed by atoms with van der Waals surface area (Å²) in [5, 5.41) is 13.4. The number of hydrogen-bond donors (Lipinski definition) is 3. The van der Waals surface area contributed by atoms with Gasteiger partial charge >= 0.3 is 0 Å². The molecule has 2 aromatic heterocycles. The molecule has 4 aromatic rings. The van der Waals surface area contributed by atoms with E-state index in [9.17, 15) is 4.79 Å². The van der Waals surface area contributed by atoms with Crippen molar-refractivity contribution in [2.24, 2.45) is 5.41 Å². The van der Waals surface area contributed by atoms with E-state index >= 15 is 0 Å². The first kappa shape index (κ1) is 22.6. The molecule has 36 heavy (non-hydrogen) atoms. The van der Waals surface area contributed by atoms with Crippen molar-refractivity contribution < 1.29 is 10.1 Å². The highest BCUT2D eigenvalue weighted by molar-refractivity contribution is 6.09. The van der Waals surface area contributed by atoms with Crippen molar-refractivity contribution in [1.29, 1.82) is 0 Å². The van der Waals surface area contributed by atoms with Crippen LogP contribution >= 0.6 is 0 Å². The minimum atomic E-state index is -0.220. The topological polar surface area (TPSA) is 90.5 Å². The summed E-state index contributed by atoms with van der Waals surface area (Å²) in [5.41, 5.74) is 7.87. The van der Waals surface area contributed by atoms with Crippen LogP contribution in [0.2, 0.25) is 0 Å². The van der Waals surface area contributed by atoms with Gasteiger partial charge in [-0.2, -0.15) is 5.10 Å². The molecule has 2 aliphatic heterocycles. The monoisotopic (exact) mass is 479 g/mol. The second-order valence-electron chi connectivity index (χ2n) is 10.6. The van der Waals surface area contributed by atoms with Crippen LogP contribution in [-0.4, -0.2) is 39.1 Å². The van der Waals surface area contributed by atoms with E-state index in [0.29, 0.717) is 11.1 Å². The summed E-state index contributed by atoms with van der Waals surface area (Å²) < 4.78 is 0. The fraction of sp³-hybridized carbons (Fsp3) is 0.276. The van der Waals surface area contributed by atoms with Crippen molar-refractivity contribution in [2.45, 2.75) is 33.2 Å². The Labute approximate surface area is 210 Å². The number of carbonyl (C=O) groups excluding carboxylic acids is 1. The van der Waals surface area contributed by atoms with Gasteiger partial charge in [-0.05, 0) is 66.7 Å². The number of nitrogens with two attached hydrogens (primary N) is 1. The Morgan fingerprint density at radius 3 is 2.83 bits per heavy atom. The summed E-state index contributed by atoms with van der Waals surface area (Å²) in [6.07, 6.45) is 8.30. The number of rotatable bonds is 5. The summed E-state index contributed by atoms with van der Waals surface area (Å²) in [7, 11) is 0. The molecule has 7 nitrogen and oxygen atoms in total. The third kappa shape index (κ3) is 4.43. The van der Waals surface area contributed by atoms with E-state index in [-0.39, 0.29) is 5.91 Å². The number of quaternary nitrogens is 1. The SMILES string of the molecule is CC1(C)CCN(Cc2cccc(C(=O)Nc3cc(-c4cccc5c4C=C[NH2+]5)cc4[nH]ncc34)n2)CC1. The molecule has 0 aliphatic carbocycles. The van der Waals surface area contributed by atoms with E-state index < -0.39 is 0 Å². The number of aromatic nitrogens is 3. The number of anilines is 1. The number of piperidine rings is 1. The van der Waals surface area contributed by atoms with Crippen LogP contribution < -0.4 is 10.6 Å². The number of aromatic amines is 1. The molecule has 7 heteroatoms. The van der Waals surface area contributed by atoms with Gasteiger partial charge in [0.15, 0.2) is 0 Å².